The van der Waals surface area contributed by atoms with Crippen LogP contribution in [0.2, 0.25) is 0 Å². The number of anilines is 1. The highest BCUT2D eigenvalue weighted by Gasteiger charge is 2.28. The van der Waals surface area contributed by atoms with Crippen molar-refractivity contribution in [2.45, 2.75) is 69.0 Å². The van der Waals surface area contributed by atoms with Crippen LogP contribution in [0.25, 0.3) is 0 Å². The maximum Gasteiger partial charge on any atom is 0.407 e. The van der Waals surface area contributed by atoms with E-state index in [2.05, 4.69) is 26.6 Å². The van der Waals surface area contributed by atoms with Crippen molar-refractivity contribution in [2.24, 2.45) is 0 Å². The third-order valence-electron chi connectivity index (χ3n) is 5.40. The van der Waals surface area contributed by atoms with E-state index >= 15 is 0 Å². The average molecular weight is 471 g/mol. The van der Waals surface area contributed by atoms with Gasteiger partial charge >= 0.3 is 6.09 Å². The average Bonchev–Trinajstić information content (AvgIpc) is 2.77. The molecule has 1 saturated heterocycles. The van der Waals surface area contributed by atoms with Crippen molar-refractivity contribution >= 4 is 29.4 Å². The Labute approximate surface area is 200 Å². The third kappa shape index (κ3) is 8.37. The summed E-state index contributed by atoms with van der Waals surface area (Å²) in [5.74, 6) is 0.761. The standard InChI is InChI=1S/C25H34N4O3S/c1-18(29-14-11-20(12-15-29)28-24(31)32-25(2,3)4)23(30)27-21-9-7-8-19(16-21)17-33-22-10-5-6-13-26-22/h5-10,13,16,18,20H,11-12,14-15,17H2,1-4H3,(H,27,30)(H,28,31)/t18-/m1/s1. The Morgan fingerprint density at radius 2 is 1.94 bits per heavy atom. The van der Waals surface area contributed by atoms with Gasteiger partial charge < -0.3 is 15.4 Å². The number of alkyl carbamates (subject to hydrolysis) is 1. The van der Waals surface area contributed by atoms with E-state index < -0.39 is 5.60 Å². The Bertz CT molecular complexity index is 925. The second kappa shape index (κ2) is 11.5. The lowest BCUT2D eigenvalue weighted by molar-refractivity contribution is -0.121. The van der Waals surface area contributed by atoms with E-state index in [0.717, 1.165) is 48.0 Å². The number of nitrogens with one attached hydrogen (secondary N) is 2. The minimum Gasteiger partial charge on any atom is -0.444 e. The molecule has 0 radical (unpaired) electrons. The molecule has 1 fully saturated rings. The van der Waals surface area contributed by atoms with Crippen LogP contribution in [-0.2, 0) is 15.3 Å². The first-order valence-electron chi connectivity index (χ1n) is 11.4. The monoisotopic (exact) mass is 470 g/mol. The van der Waals surface area contributed by atoms with Crippen molar-refractivity contribution in [3.63, 3.8) is 0 Å². The summed E-state index contributed by atoms with van der Waals surface area (Å²) in [6.45, 7) is 8.98. The highest BCUT2D eigenvalue weighted by molar-refractivity contribution is 7.98. The van der Waals surface area contributed by atoms with Crippen LogP contribution in [0.1, 0.15) is 46.1 Å². The van der Waals surface area contributed by atoms with Crippen LogP contribution in [0.4, 0.5) is 10.5 Å². The van der Waals surface area contributed by atoms with Gasteiger partial charge in [-0.25, -0.2) is 9.78 Å². The highest BCUT2D eigenvalue weighted by atomic mass is 32.2. The topological polar surface area (TPSA) is 83.6 Å². The van der Waals surface area contributed by atoms with Crippen molar-refractivity contribution in [1.82, 2.24) is 15.2 Å². The molecule has 33 heavy (non-hydrogen) atoms. The number of benzene rings is 1. The fourth-order valence-electron chi connectivity index (χ4n) is 3.65. The summed E-state index contributed by atoms with van der Waals surface area (Å²) >= 11 is 1.67. The Morgan fingerprint density at radius 3 is 2.61 bits per heavy atom. The van der Waals surface area contributed by atoms with Crippen molar-refractivity contribution in [3.8, 4) is 0 Å². The van der Waals surface area contributed by atoms with Gasteiger partial charge in [0.05, 0.1) is 11.1 Å². The number of ether oxygens (including phenoxy) is 1. The lowest BCUT2D eigenvalue weighted by Crippen LogP contribution is -2.51. The molecule has 178 valence electrons. The molecule has 0 bridgehead atoms. The zero-order valence-electron chi connectivity index (χ0n) is 19.8. The van der Waals surface area contributed by atoms with Crippen molar-refractivity contribution < 1.29 is 14.3 Å². The smallest absolute Gasteiger partial charge is 0.407 e. The second-order valence-corrected chi connectivity index (χ2v) is 10.3. The lowest BCUT2D eigenvalue weighted by Gasteiger charge is -2.35. The lowest BCUT2D eigenvalue weighted by atomic mass is 10.0. The number of piperidine rings is 1. The number of rotatable bonds is 7. The van der Waals surface area contributed by atoms with Gasteiger partial charge in [-0.05, 0) is 70.4 Å². The van der Waals surface area contributed by atoms with Crippen LogP contribution >= 0.6 is 11.8 Å². The molecule has 3 rings (SSSR count). The number of carbonyl (C=O) groups is 2. The Kier molecular flexibility index (Phi) is 8.74. The molecule has 2 heterocycles. The Morgan fingerprint density at radius 1 is 1.18 bits per heavy atom. The summed E-state index contributed by atoms with van der Waals surface area (Å²) in [6.07, 6.45) is 2.98. The summed E-state index contributed by atoms with van der Waals surface area (Å²) in [6, 6.07) is 13.6. The minimum atomic E-state index is -0.508. The summed E-state index contributed by atoms with van der Waals surface area (Å²) in [4.78, 5) is 31.3. The van der Waals surface area contributed by atoms with E-state index in [0.29, 0.717) is 0 Å². The van der Waals surface area contributed by atoms with Gasteiger partial charge in [0.1, 0.15) is 5.60 Å². The molecule has 2 aromatic rings. The van der Waals surface area contributed by atoms with E-state index in [9.17, 15) is 9.59 Å². The molecule has 1 atom stereocenters. The fraction of sp³-hybridized carbons (Fsp3) is 0.480. The second-order valence-electron chi connectivity index (χ2n) is 9.28. The number of thioether (sulfide) groups is 1. The van der Waals surface area contributed by atoms with Crippen molar-refractivity contribution in [3.05, 3.63) is 54.2 Å². The zero-order valence-corrected chi connectivity index (χ0v) is 20.7. The third-order valence-corrected chi connectivity index (χ3v) is 6.41. The van der Waals surface area contributed by atoms with Crippen molar-refractivity contribution in [2.75, 3.05) is 18.4 Å². The van der Waals surface area contributed by atoms with Gasteiger partial charge in [0.25, 0.3) is 0 Å². The molecule has 0 unspecified atom stereocenters. The van der Waals surface area contributed by atoms with Gasteiger partial charge in [-0.3, -0.25) is 9.69 Å². The fourth-order valence-corrected chi connectivity index (χ4v) is 4.45. The Hall–Kier alpha value is -2.58. The van der Waals surface area contributed by atoms with Crippen LogP contribution in [0.5, 0.6) is 0 Å². The number of hydrogen-bond acceptors (Lipinski definition) is 6. The van der Waals surface area contributed by atoms with E-state index in [1.807, 2.05) is 64.1 Å². The number of amides is 2. The molecular formula is C25H34N4O3S. The molecule has 2 N–H and O–H groups in total. The number of pyridine rings is 1. The molecule has 0 aliphatic carbocycles. The van der Waals surface area contributed by atoms with Crippen LogP contribution in [0.3, 0.4) is 0 Å². The predicted octanol–water partition coefficient (Wildman–Crippen LogP) is 4.69. The van der Waals surface area contributed by atoms with Crippen LogP contribution in [0, 0.1) is 0 Å². The number of likely N-dealkylation sites (tertiary alicyclic amines) is 1. The first-order chi connectivity index (χ1) is 15.7. The summed E-state index contributed by atoms with van der Waals surface area (Å²) < 4.78 is 5.34. The van der Waals surface area contributed by atoms with E-state index in [4.69, 9.17) is 4.74 Å². The van der Waals surface area contributed by atoms with Gasteiger partial charge in [0, 0.05) is 36.8 Å². The molecule has 8 heteroatoms. The van der Waals surface area contributed by atoms with Gasteiger partial charge in [-0.1, -0.05) is 18.2 Å². The maximum atomic E-state index is 12.9. The molecular weight excluding hydrogens is 436 g/mol. The number of aromatic nitrogens is 1. The molecule has 1 aliphatic rings. The molecule has 0 saturated carbocycles. The highest BCUT2D eigenvalue weighted by Crippen LogP contribution is 2.22. The van der Waals surface area contributed by atoms with Crippen LogP contribution in [-0.4, -0.2) is 52.7 Å². The van der Waals surface area contributed by atoms with Gasteiger partial charge in [0.2, 0.25) is 5.91 Å². The van der Waals surface area contributed by atoms with E-state index in [1.165, 1.54) is 0 Å². The largest absolute Gasteiger partial charge is 0.444 e. The van der Waals surface area contributed by atoms with Crippen LogP contribution < -0.4 is 10.6 Å². The number of carbonyl (C=O) groups excluding carboxylic acids is 2. The minimum absolute atomic E-state index is 0.0249. The summed E-state index contributed by atoms with van der Waals surface area (Å²) in [7, 11) is 0. The summed E-state index contributed by atoms with van der Waals surface area (Å²) in [5, 5.41) is 6.97. The molecule has 7 nitrogen and oxygen atoms in total. The zero-order chi connectivity index (χ0) is 23.8. The maximum absolute atomic E-state index is 12.9. The summed E-state index contributed by atoms with van der Waals surface area (Å²) in [5.41, 5.74) is 1.42. The molecule has 1 aromatic carbocycles. The van der Waals surface area contributed by atoms with Crippen LogP contribution in [0.15, 0.2) is 53.7 Å². The molecule has 1 aliphatic heterocycles. The molecule has 2 amide bonds. The van der Waals surface area contributed by atoms with Crippen molar-refractivity contribution in [1.29, 1.82) is 0 Å². The van der Waals surface area contributed by atoms with E-state index in [1.54, 1.807) is 18.0 Å². The van der Waals surface area contributed by atoms with E-state index in [-0.39, 0.29) is 24.1 Å². The number of nitrogens with zero attached hydrogens (tertiary/aromatic N) is 2. The number of hydrogen-bond donors (Lipinski definition) is 2. The predicted molar refractivity (Wildman–Crippen MR) is 132 cm³/mol. The first-order valence-corrected chi connectivity index (χ1v) is 12.4. The van der Waals surface area contributed by atoms with Gasteiger partial charge in [-0.15, -0.1) is 11.8 Å². The van der Waals surface area contributed by atoms with Gasteiger partial charge in [0.15, 0.2) is 0 Å². The Balaban J connectivity index is 1.45. The normalized spacial score (nSPS) is 16.1. The first kappa shape index (κ1) is 25.1. The molecule has 1 aromatic heterocycles. The quantitative estimate of drug-likeness (QED) is 0.571. The molecule has 0 spiro atoms. The van der Waals surface area contributed by atoms with Gasteiger partial charge in [-0.2, -0.15) is 0 Å². The SMILES string of the molecule is C[C@H](C(=O)Nc1cccc(CSc2ccccn2)c1)N1CCC(NC(=O)OC(C)(C)C)CC1.